The van der Waals surface area contributed by atoms with Crippen molar-refractivity contribution in [2.75, 3.05) is 5.32 Å². The number of pyridine rings is 2. The van der Waals surface area contributed by atoms with Gasteiger partial charge in [-0.2, -0.15) is 0 Å². The number of hydrogen-bond donors (Lipinski definition) is 1. The molecular weight excluding hydrogens is 297 g/mol. The number of nitrogens with one attached hydrogen (secondary N) is 1. The summed E-state index contributed by atoms with van der Waals surface area (Å²) < 4.78 is 15.3. The number of aromatic nitrogens is 2. The average Bonchev–Trinajstić information content (AvgIpc) is 2.52. The van der Waals surface area contributed by atoms with Crippen molar-refractivity contribution in [2.45, 2.75) is 6.92 Å². The van der Waals surface area contributed by atoms with Gasteiger partial charge in [0.05, 0.1) is 5.52 Å². The topological polar surface area (TPSA) is 64.0 Å². The Morgan fingerprint density at radius 1 is 1.26 bits per heavy atom. The first kappa shape index (κ1) is 14.9. The number of fused-ring (bicyclic) bond motifs is 1. The molecule has 6 heteroatoms. The molecule has 3 rings (SSSR count). The highest BCUT2D eigenvalue weighted by Crippen LogP contribution is 2.16. The summed E-state index contributed by atoms with van der Waals surface area (Å²) in [6, 6.07) is 7.78. The molecule has 0 aliphatic rings. The smallest absolute Gasteiger partial charge is 0.262 e. The maximum absolute atomic E-state index is 13.9. The lowest BCUT2D eigenvalue weighted by molar-refractivity contribution is 0.102. The van der Waals surface area contributed by atoms with Crippen molar-refractivity contribution in [1.29, 1.82) is 0 Å². The van der Waals surface area contributed by atoms with Crippen LogP contribution in [0.4, 0.5) is 10.2 Å². The van der Waals surface area contributed by atoms with Crippen LogP contribution in [0, 0.1) is 12.7 Å². The number of rotatable bonds is 2. The largest absolute Gasteiger partial charge is 0.347 e. The van der Waals surface area contributed by atoms with Crippen molar-refractivity contribution in [1.82, 2.24) is 9.55 Å². The van der Waals surface area contributed by atoms with Gasteiger partial charge in [0.15, 0.2) is 0 Å². The second-order valence-corrected chi connectivity index (χ2v) is 5.24. The van der Waals surface area contributed by atoms with Crippen LogP contribution in [0.25, 0.3) is 10.9 Å². The fraction of sp³-hybridized carbons (Fsp3) is 0.118. The molecule has 0 aliphatic heterocycles. The molecule has 0 aliphatic carbocycles. The second kappa shape index (κ2) is 5.64. The Morgan fingerprint density at radius 3 is 2.78 bits per heavy atom. The van der Waals surface area contributed by atoms with Gasteiger partial charge in [0.2, 0.25) is 5.43 Å². The molecule has 1 amide bonds. The van der Waals surface area contributed by atoms with Crippen molar-refractivity contribution in [3.63, 3.8) is 0 Å². The van der Waals surface area contributed by atoms with Gasteiger partial charge in [-0.3, -0.25) is 9.59 Å². The first-order valence-corrected chi connectivity index (χ1v) is 7.00. The molecule has 2 heterocycles. The van der Waals surface area contributed by atoms with E-state index in [9.17, 15) is 14.0 Å². The number of para-hydroxylation sites is 1. The molecule has 0 saturated heterocycles. The number of anilines is 1. The quantitative estimate of drug-likeness (QED) is 0.791. The van der Waals surface area contributed by atoms with Crippen molar-refractivity contribution in [3.05, 3.63) is 69.9 Å². The minimum atomic E-state index is -0.571. The maximum Gasteiger partial charge on any atom is 0.262 e. The molecule has 0 saturated carbocycles. The molecule has 116 valence electrons. The first-order chi connectivity index (χ1) is 11.0. The highest BCUT2D eigenvalue weighted by Gasteiger charge is 2.17. The Bertz CT molecular complexity index is 979. The third-order valence-electron chi connectivity index (χ3n) is 3.64. The van der Waals surface area contributed by atoms with Crippen LogP contribution in [0.2, 0.25) is 0 Å². The Balaban J connectivity index is 2.10. The van der Waals surface area contributed by atoms with E-state index in [1.807, 2.05) is 0 Å². The number of amides is 1. The zero-order chi connectivity index (χ0) is 16.6. The standard InChI is InChI=1S/C17H14FN3O2/c1-10-5-4-8-19-16(10)20-17(23)12-9-21(2)14-11(15(12)22)6-3-7-13(14)18/h3-9H,1-2H3,(H,19,20,23). The summed E-state index contributed by atoms with van der Waals surface area (Å²) in [4.78, 5) is 29.0. The summed E-state index contributed by atoms with van der Waals surface area (Å²) in [6.07, 6.45) is 2.89. The monoisotopic (exact) mass is 311 g/mol. The Morgan fingerprint density at radius 2 is 2.04 bits per heavy atom. The highest BCUT2D eigenvalue weighted by atomic mass is 19.1. The predicted octanol–water partition coefficient (Wildman–Crippen LogP) is 2.63. The van der Waals surface area contributed by atoms with Gasteiger partial charge in [-0.1, -0.05) is 12.1 Å². The van der Waals surface area contributed by atoms with Crippen LogP contribution in [0.15, 0.2) is 47.5 Å². The second-order valence-electron chi connectivity index (χ2n) is 5.24. The van der Waals surface area contributed by atoms with E-state index < -0.39 is 17.2 Å². The molecule has 0 bridgehead atoms. The average molecular weight is 311 g/mol. The molecule has 0 spiro atoms. The van der Waals surface area contributed by atoms with Crippen LogP contribution < -0.4 is 10.7 Å². The number of aryl methyl sites for hydroxylation is 2. The van der Waals surface area contributed by atoms with Crippen LogP contribution in [-0.2, 0) is 7.05 Å². The lowest BCUT2D eigenvalue weighted by Crippen LogP contribution is -2.24. The predicted molar refractivity (Wildman–Crippen MR) is 86.1 cm³/mol. The van der Waals surface area contributed by atoms with Gasteiger partial charge in [0, 0.05) is 24.8 Å². The third kappa shape index (κ3) is 2.59. The minimum absolute atomic E-state index is 0.0596. The third-order valence-corrected chi connectivity index (χ3v) is 3.64. The van der Waals surface area contributed by atoms with Crippen LogP contribution in [-0.4, -0.2) is 15.5 Å². The van der Waals surface area contributed by atoms with Gasteiger partial charge in [0.1, 0.15) is 17.2 Å². The summed E-state index contributed by atoms with van der Waals surface area (Å²) in [5, 5.41) is 2.78. The molecule has 0 unspecified atom stereocenters. The molecule has 3 aromatic rings. The normalized spacial score (nSPS) is 10.7. The van der Waals surface area contributed by atoms with Crippen molar-refractivity contribution < 1.29 is 9.18 Å². The zero-order valence-corrected chi connectivity index (χ0v) is 12.6. The van der Waals surface area contributed by atoms with Crippen molar-refractivity contribution >= 4 is 22.6 Å². The molecule has 0 fully saturated rings. The van der Waals surface area contributed by atoms with E-state index >= 15 is 0 Å². The molecule has 23 heavy (non-hydrogen) atoms. The molecule has 0 radical (unpaired) electrons. The fourth-order valence-corrected chi connectivity index (χ4v) is 2.47. The van der Waals surface area contributed by atoms with Gasteiger partial charge >= 0.3 is 0 Å². The van der Waals surface area contributed by atoms with Gasteiger partial charge in [0.25, 0.3) is 5.91 Å². The van der Waals surface area contributed by atoms with Gasteiger partial charge in [-0.25, -0.2) is 9.37 Å². The summed E-state index contributed by atoms with van der Waals surface area (Å²) in [6.45, 7) is 1.80. The van der Waals surface area contributed by atoms with Crippen molar-refractivity contribution in [2.24, 2.45) is 7.05 Å². The summed E-state index contributed by atoms with van der Waals surface area (Å²) >= 11 is 0. The molecular formula is C17H14FN3O2. The molecule has 1 N–H and O–H groups in total. The van der Waals surface area contributed by atoms with E-state index in [0.717, 1.165) is 5.56 Å². The van der Waals surface area contributed by atoms with E-state index in [0.29, 0.717) is 5.82 Å². The Kier molecular flexibility index (Phi) is 3.65. The number of benzene rings is 1. The summed E-state index contributed by atoms with van der Waals surface area (Å²) in [5.41, 5.74) is 0.381. The van der Waals surface area contributed by atoms with Crippen LogP contribution in [0.1, 0.15) is 15.9 Å². The molecule has 0 atom stereocenters. The first-order valence-electron chi connectivity index (χ1n) is 7.00. The van der Waals surface area contributed by atoms with E-state index in [4.69, 9.17) is 0 Å². The molecule has 5 nitrogen and oxygen atoms in total. The Labute approximate surface area is 131 Å². The number of carbonyl (C=O) groups is 1. The minimum Gasteiger partial charge on any atom is -0.347 e. The van der Waals surface area contributed by atoms with E-state index in [-0.39, 0.29) is 16.5 Å². The number of halogens is 1. The van der Waals surface area contributed by atoms with E-state index in [2.05, 4.69) is 10.3 Å². The molecule has 1 aromatic carbocycles. The van der Waals surface area contributed by atoms with Gasteiger partial charge in [-0.15, -0.1) is 0 Å². The maximum atomic E-state index is 13.9. The number of nitrogens with zero attached hydrogens (tertiary/aromatic N) is 2. The summed E-state index contributed by atoms with van der Waals surface area (Å²) in [7, 11) is 1.59. The van der Waals surface area contributed by atoms with Gasteiger partial charge < -0.3 is 9.88 Å². The lowest BCUT2D eigenvalue weighted by Gasteiger charge is -2.10. The van der Waals surface area contributed by atoms with Crippen molar-refractivity contribution in [3.8, 4) is 0 Å². The van der Waals surface area contributed by atoms with E-state index in [1.165, 1.54) is 29.0 Å². The van der Waals surface area contributed by atoms with Crippen LogP contribution in [0.3, 0.4) is 0 Å². The van der Waals surface area contributed by atoms with Gasteiger partial charge in [-0.05, 0) is 30.7 Å². The van der Waals surface area contributed by atoms with Crippen LogP contribution in [0.5, 0.6) is 0 Å². The molecule has 2 aromatic heterocycles. The van der Waals surface area contributed by atoms with Crippen LogP contribution >= 0.6 is 0 Å². The summed E-state index contributed by atoms with van der Waals surface area (Å²) in [5.74, 6) is -0.688. The Hall–Kier alpha value is -3.02. The number of carbonyl (C=O) groups excluding carboxylic acids is 1. The fourth-order valence-electron chi connectivity index (χ4n) is 2.47. The zero-order valence-electron chi connectivity index (χ0n) is 12.6. The SMILES string of the molecule is Cc1cccnc1NC(=O)c1cn(C)c2c(F)cccc2c1=O. The number of hydrogen-bond acceptors (Lipinski definition) is 3. The lowest BCUT2D eigenvalue weighted by atomic mass is 10.1. The van der Waals surface area contributed by atoms with E-state index in [1.54, 1.807) is 32.3 Å². The highest BCUT2D eigenvalue weighted by molar-refractivity contribution is 6.05.